The molecule has 88 heavy (non-hydrogen) atoms. The molecule has 34 atom stereocenters. The summed E-state index contributed by atoms with van der Waals surface area (Å²) >= 11 is 0. The molecule has 0 radical (unpaired) electrons. The highest BCUT2D eigenvalue weighted by molar-refractivity contribution is 5.47. The minimum atomic E-state index is -2.10. The highest BCUT2D eigenvalue weighted by Crippen LogP contribution is 2.74. The molecule has 10 rings (SSSR count). The molecule has 5 aliphatic heterocycles. The number of rotatable bonds is 16. The van der Waals surface area contributed by atoms with Crippen LogP contribution in [0.3, 0.4) is 0 Å². The van der Waals surface area contributed by atoms with Gasteiger partial charge in [-0.15, -0.1) is 0 Å². The monoisotopic (exact) mass is 1270 g/mol. The molecule has 506 valence electrons. The molecular formula is C60H98O28. The number of fused-ring (bicyclic) bond motifs is 6. The fourth-order valence-corrected chi connectivity index (χ4v) is 17.4. The van der Waals surface area contributed by atoms with Gasteiger partial charge in [-0.1, -0.05) is 59.3 Å². The maximum atomic E-state index is 12.2. The van der Waals surface area contributed by atoms with E-state index in [-0.39, 0.29) is 35.9 Å². The van der Waals surface area contributed by atoms with Gasteiger partial charge in [0.1, 0.15) is 116 Å². The second kappa shape index (κ2) is 25.8. The smallest absolute Gasteiger partial charge is 0.187 e. The topological polar surface area (TPSA) is 456 Å². The Morgan fingerprint density at radius 3 is 1.57 bits per heavy atom. The largest absolute Gasteiger partial charge is 0.396 e. The van der Waals surface area contributed by atoms with Crippen molar-refractivity contribution < 1.29 is 139 Å². The molecule has 0 unspecified atom stereocenters. The number of hydrogen-bond acceptors (Lipinski definition) is 28. The number of allylic oxidation sites excluding steroid dienone is 3. The average molecular weight is 1270 g/mol. The first-order valence-corrected chi connectivity index (χ1v) is 31.2. The molecule has 8 fully saturated rings. The fraction of sp³-hybridized carbons (Fsp3) is 0.933. The Hall–Kier alpha value is -1.64. The summed E-state index contributed by atoms with van der Waals surface area (Å²) in [5.74, 6) is -0.241. The summed E-state index contributed by atoms with van der Waals surface area (Å²) in [5.41, 5.74) is -0.708. The zero-order valence-electron chi connectivity index (χ0n) is 50.9. The van der Waals surface area contributed by atoms with Crippen LogP contribution >= 0.6 is 0 Å². The molecule has 28 nitrogen and oxygen atoms in total. The molecule has 5 heterocycles. The first-order chi connectivity index (χ1) is 41.3. The molecule has 5 aliphatic carbocycles. The lowest BCUT2D eigenvalue weighted by atomic mass is 9.35. The van der Waals surface area contributed by atoms with Gasteiger partial charge in [0, 0.05) is 16.2 Å². The predicted octanol–water partition coefficient (Wildman–Crippen LogP) is -4.85. The van der Waals surface area contributed by atoms with E-state index in [9.17, 15) is 91.9 Å². The van der Waals surface area contributed by atoms with Crippen LogP contribution in [0.4, 0.5) is 0 Å². The van der Waals surface area contributed by atoms with E-state index in [1.54, 1.807) is 0 Å². The van der Waals surface area contributed by atoms with Crippen molar-refractivity contribution in [2.75, 3.05) is 39.6 Å². The predicted molar refractivity (Wildman–Crippen MR) is 297 cm³/mol. The third-order valence-corrected chi connectivity index (χ3v) is 23.2. The summed E-state index contributed by atoms with van der Waals surface area (Å²) in [4.78, 5) is 0. The summed E-state index contributed by atoms with van der Waals surface area (Å²) in [6.45, 7) is 10.9. The maximum Gasteiger partial charge on any atom is 0.187 e. The van der Waals surface area contributed by atoms with Crippen LogP contribution in [0.2, 0.25) is 0 Å². The summed E-state index contributed by atoms with van der Waals surface area (Å²) in [5, 5.41) is 198. The first-order valence-electron chi connectivity index (χ1n) is 31.2. The van der Waals surface area contributed by atoms with Gasteiger partial charge in [-0.3, -0.25) is 0 Å². The molecule has 3 saturated carbocycles. The SMILES string of the molecule is C[C@H]1O[C@@H](O[C@H]2CC[C@@]3(C)[C@@H](CC[C@]4(C)[C@@H]3C=CC3=C5CC(C)(C)CC[C@]5(CO)[C@@H](O)C[C@]34C)[C@]2(C)CO)[C@H](O[C@@H]2O[C@H](CO)[C@@H](O)[C@H](O)[C@H]2O)[C@@H](O[C@@H]2O[C@H](CO[C@@H]3O[C@H](CO)[C@@H](O[C@@H]4O[C@H](CO)[C@@H](O)[C@H](O)[C@H]4O)[C@H](O)[C@H]3O)[C@@H](O)[C@H](O)[C@H]2O)[C@H]1O. The summed E-state index contributed by atoms with van der Waals surface area (Å²) in [7, 11) is 0. The van der Waals surface area contributed by atoms with Crippen LogP contribution in [0.15, 0.2) is 23.3 Å². The second-order valence-electron chi connectivity index (χ2n) is 28.7. The van der Waals surface area contributed by atoms with Gasteiger partial charge in [0.25, 0.3) is 0 Å². The Bertz CT molecular complexity index is 2450. The molecule has 0 aromatic heterocycles. The molecule has 0 aromatic rings. The lowest BCUT2D eigenvalue weighted by molar-refractivity contribution is -0.399. The molecule has 10 aliphatic rings. The third kappa shape index (κ3) is 11.4. The first kappa shape index (κ1) is 69.2. The van der Waals surface area contributed by atoms with Crippen molar-refractivity contribution in [2.24, 2.45) is 44.3 Å². The van der Waals surface area contributed by atoms with E-state index >= 15 is 0 Å². The van der Waals surface area contributed by atoms with E-state index in [0.29, 0.717) is 38.5 Å². The van der Waals surface area contributed by atoms with Crippen molar-refractivity contribution in [3.05, 3.63) is 23.3 Å². The van der Waals surface area contributed by atoms with E-state index in [4.69, 9.17) is 47.4 Å². The molecular weight excluding hydrogens is 1170 g/mol. The van der Waals surface area contributed by atoms with E-state index in [1.165, 1.54) is 12.5 Å². The van der Waals surface area contributed by atoms with Gasteiger partial charge in [0.05, 0.1) is 58.0 Å². The number of ether oxygens (including phenoxy) is 10. The van der Waals surface area contributed by atoms with E-state index in [0.717, 1.165) is 18.4 Å². The van der Waals surface area contributed by atoms with Crippen molar-refractivity contribution in [3.8, 4) is 0 Å². The summed E-state index contributed by atoms with van der Waals surface area (Å²) in [6.07, 6.45) is -36.8. The van der Waals surface area contributed by atoms with Gasteiger partial charge in [-0.05, 0) is 91.9 Å². The number of aliphatic hydroxyl groups is 18. The van der Waals surface area contributed by atoms with Crippen molar-refractivity contribution in [1.82, 2.24) is 0 Å². The highest BCUT2D eigenvalue weighted by Gasteiger charge is 2.69. The average Bonchev–Trinajstić information content (AvgIpc) is 0.805. The van der Waals surface area contributed by atoms with Gasteiger partial charge >= 0.3 is 0 Å². The molecule has 0 amide bonds. The molecule has 0 aromatic carbocycles. The minimum Gasteiger partial charge on any atom is -0.396 e. The second-order valence-corrected chi connectivity index (χ2v) is 28.7. The van der Waals surface area contributed by atoms with Gasteiger partial charge in [0.15, 0.2) is 31.5 Å². The van der Waals surface area contributed by atoms with E-state index in [1.807, 2.05) is 6.92 Å². The van der Waals surface area contributed by atoms with Crippen molar-refractivity contribution in [3.63, 3.8) is 0 Å². The van der Waals surface area contributed by atoms with Crippen LogP contribution in [0.25, 0.3) is 0 Å². The molecule has 18 N–H and O–H groups in total. The number of aliphatic hydroxyl groups excluding tert-OH is 18. The van der Waals surface area contributed by atoms with Crippen molar-refractivity contribution in [1.29, 1.82) is 0 Å². The van der Waals surface area contributed by atoms with Crippen molar-refractivity contribution in [2.45, 2.75) is 266 Å². The normalized spacial score (nSPS) is 54.7. The Morgan fingerprint density at radius 2 is 1.01 bits per heavy atom. The summed E-state index contributed by atoms with van der Waals surface area (Å²) < 4.78 is 60.5. The molecule has 28 heteroatoms. The van der Waals surface area contributed by atoms with Gasteiger partial charge in [0.2, 0.25) is 0 Å². The fourth-order valence-electron chi connectivity index (χ4n) is 17.4. The van der Waals surface area contributed by atoms with Gasteiger partial charge < -0.3 is 139 Å². The molecule has 5 saturated heterocycles. The van der Waals surface area contributed by atoms with Crippen LogP contribution in [0.1, 0.15) is 99.8 Å². The van der Waals surface area contributed by atoms with Gasteiger partial charge in [-0.25, -0.2) is 0 Å². The van der Waals surface area contributed by atoms with Crippen molar-refractivity contribution >= 4 is 0 Å². The zero-order valence-corrected chi connectivity index (χ0v) is 50.9. The third-order valence-electron chi connectivity index (χ3n) is 23.2. The van der Waals surface area contributed by atoms with Gasteiger partial charge in [-0.2, -0.15) is 0 Å². The molecule has 0 spiro atoms. The number of hydrogen-bond donors (Lipinski definition) is 18. The lowest BCUT2D eigenvalue weighted by Crippen LogP contribution is -2.68. The zero-order chi connectivity index (χ0) is 64.3. The quantitative estimate of drug-likeness (QED) is 0.0645. The van der Waals surface area contributed by atoms with Crippen LogP contribution < -0.4 is 0 Å². The highest BCUT2D eigenvalue weighted by atomic mass is 16.8. The standard InChI is InChI=1S/C60H98O28/c1-24-35(67)48(87-53-45(77)41(73)38(70)30(84-53)21-79-50-46(78)42(74)47(29(20-63)83-50)86-51-43(75)39(71)36(68)27(18-61)81-51)49(88-52-44(76)40(72)37(69)28(19-62)82-52)54(80-24)85-34-11-12-56(4)31(57(34,5)22-64)10-13-58(6)32(56)9-8-25-26-16-55(2,3)14-15-60(26,23-65)33(66)17-59(25,58)7/h8-9,24,27-54,61-78H,10-23H2,1-7H3/t24-,27-,28-,29-,30-,31-,32-,33+,34+,35+,36-,37-,38-,39+,40+,41+,42-,43-,44-,45-,46-,47-,48+,49-,50-,51+,52+,53+,54+,56+,57+,58-,59-,60-/m1/s1. The molecule has 0 bridgehead atoms. The van der Waals surface area contributed by atoms with E-state index in [2.05, 4.69) is 46.8 Å². The minimum absolute atomic E-state index is 0.0242. The Kier molecular flexibility index (Phi) is 20.3. The van der Waals surface area contributed by atoms with Crippen LogP contribution in [0.5, 0.6) is 0 Å². The lowest BCUT2D eigenvalue weighted by Gasteiger charge is -2.70. The van der Waals surface area contributed by atoms with Crippen LogP contribution in [-0.4, -0.2) is 297 Å². The Balaban J connectivity index is 0.896. The maximum absolute atomic E-state index is 12.2. The summed E-state index contributed by atoms with van der Waals surface area (Å²) in [6, 6.07) is 0. The Morgan fingerprint density at radius 1 is 0.489 bits per heavy atom. The van der Waals surface area contributed by atoms with Crippen LogP contribution in [-0.2, 0) is 47.4 Å². The Labute approximate surface area is 510 Å². The van der Waals surface area contributed by atoms with E-state index < -0.39 is 214 Å². The van der Waals surface area contributed by atoms with Crippen LogP contribution in [0, 0.1) is 44.3 Å².